The summed E-state index contributed by atoms with van der Waals surface area (Å²) in [6.45, 7) is 2.90. The molecular formula is C11H15NO. The Hall–Kier alpha value is -1.05. The minimum Gasteiger partial charge on any atom is -0.492 e. The number of rotatable bonds is 3. The van der Waals surface area contributed by atoms with E-state index in [-0.39, 0.29) is 0 Å². The second-order valence-corrected chi connectivity index (χ2v) is 3.81. The predicted molar refractivity (Wildman–Crippen MR) is 51.8 cm³/mol. The van der Waals surface area contributed by atoms with Crippen molar-refractivity contribution in [2.24, 2.45) is 5.92 Å². The quantitative estimate of drug-likeness (QED) is 0.708. The van der Waals surface area contributed by atoms with Crippen molar-refractivity contribution < 1.29 is 4.74 Å². The molecule has 70 valence electrons. The van der Waals surface area contributed by atoms with Gasteiger partial charge in [-0.1, -0.05) is 6.42 Å². The molecule has 1 aliphatic rings. The minimum atomic E-state index is 0.792. The Morgan fingerprint density at radius 3 is 2.92 bits per heavy atom. The SMILES string of the molecule is Cc1cncc(OCC2CCC2)c1. The molecule has 1 heterocycles. The number of ether oxygens (including phenoxy) is 1. The van der Waals surface area contributed by atoms with Crippen molar-refractivity contribution in [1.29, 1.82) is 0 Å². The molecule has 0 N–H and O–H groups in total. The topological polar surface area (TPSA) is 22.1 Å². The fraction of sp³-hybridized carbons (Fsp3) is 0.545. The highest BCUT2D eigenvalue weighted by Gasteiger charge is 2.17. The maximum absolute atomic E-state index is 5.63. The fourth-order valence-electron chi connectivity index (χ4n) is 1.48. The van der Waals surface area contributed by atoms with Crippen LogP contribution in [0.15, 0.2) is 18.5 Å². The number of hydrogen-bond acceptors (Lipinski definition) is 2. The van der Waals surface area contributed by atoms with E-state index < -0.39 is 0 Å². The molecule has 0 spiro atoms. The Balaban J connectivity index is 1.86. The molecule has 1 aromatic heterocycles. The van der Waals surface area contributed by atoms with Crippen LogP contribution in [0.4, 0.5) is 0 Å². The molecule has 1 fully saturated rings. The van der Waals surface area contributed by atoms with E-state index in [1.54, 1.807) is 6.20 Å². The number of aryl methyl sites for hydroxylation is 1. The van der Waals surface area contributed by atoms with Crippen molar-refractivity contribution in [3.8, 4) is 5.75 Å². The summed E-state index contributed by atoms with van der Waals surface area (Å²) in [5.41, 5.74) is 1.16. The highest BCUT2D eigenvalue weighted by Crippen LogP contribution is 2.26. The van der Waals surface area contributed by atoms with Crippen molar-refractivity contribution in [3.05, 3.63) is 24.0 Å². The van der Waals surface area contributed by atoms with Gasteiger partial charge in [0.2, 0.25) is 0 Å². The van der Waals surface area contributed by atoms with Gasteiger partial charge in [0.25, 0.3) is 0 Å². The molecule has 0 saturated heterocycles. The molecule has 1 aromatic rings. The molecule has 13 heavy (non-hydrogen) atoms. The van der Waals surface area contributed by atoms with Crippen molar-refractivity contribution in [3.63, 3.8) is 0 Å². The molecule has 1 saturated carbocycles. The van der Waals surface area contributed by atoms with Gasteiger partial charge in [0.15, 0.2) is 0 Å². The summed E-state index contributed by atoms with van der Waals surface area (Å²) in [5.74, 6) is 1.70. The Labute approximate surface area is 78.9 Å². The lowest BCUT2D eigenvalue weighted by molar-refractivity contribution is 0.180. The molecule has 2 nitrogen and oxygen atoms in total. The van der Waals surface area contributed by atoms with Gasteiger partial charge in [-0.05, 0) is 37.3 Å². The Morgan fingerprint density at radius 2 is 2.31 bits per heavy atom. The van der Waals surface area contributed by atoms with E-state index in [2.05, 4.69) is 4.98 Å². The Morgan fingerprint density at radius 1 is 1.46 bits per heavy atom. The van der Waals surface area contributed by atoms with Crippen LogP contribution in [0.25, 0.3) is 0 Å². The van der Waals surface area contributed by atoms with Gasteiger partial charge in [0.1, 0.15) is 5.75 Å². The van der Waals surface area contributed by atoms with Gasteiger partial charge in [-0.2, -0.15) is 0 Å². The van der Waals surface area contributed by atoms with Gasteiger partial charge in [0.05, 0.1) is 12.8 Å². The molecular weight excluding hydrogens is 162 g/mol. The van der Waals surface area contributed by atoms with E-state index >= 15 is 0 Å². The number of pyridine rings is 1. The van der Waals surface area contributed by atoms with Crippen LogP contribution in [0.3, 0.4) is 0 Å². The summed E-state index contributed by atoms with van der Waals surface area (Å²) in [4.78, 5) is 4.08. The molecule has 0 unspecified atom stereocenters. The van der Waals surface area contributed by atoms with Crippen LogP contribution in [-0.2, 0) is 0 Å². The summed E-state index contributed by atoms with van der Waals surface area (Å²) in [6.07, 6.45) is 7.67. The lowest BCUT2D eigenvalue weighted by atomic mass is 9.86. The maximum atomic E-state index is 5.63. The van der Waals surface area contributed by atoms with Crippen LogP contribution in [-0.4, -0.2) is 11.6 Å². The van der Waals surface area contributed by atoms with E-state index in [0.717, 1.165) is 23.8 Å². The first-order valence-electron chi connectivity index (χ1n) is 4.89. The molecule has 0 bridgehead atoms. The molecule has 0 aromatic carbocycles. The zero-order valence-electron chi connectivity index (χ0n) is 7.99. The first-order valence-corrected chi connectivity index (χ1v) is 4.89. The molecule has 0 radical (unpaired) electrons. The van der Waals surface area contributed by atoms with E-state index in [1.165, 1.54) is 19.3 Å². The second-order valence-electron chi connectivity index (χ2n) is 3.81. The van der Waals surface area contributed by atoms with Crippen molar-refractivity contribution in [2.45, 2.75) is 26.2 Å². The number of hydrogen-bond donors (Lipinski definition) is 0. The monoisotopic (exact) mass is 177 g/mol. The highest BCUT2D eigenvalue weighted by molar-refractivity contribution is 5.22. The number of aromatic nitrogens is 1. The lowest BCUT2D eigenvalue weighted by Gasteiger charge is -2.25. The summed E-state index contributed by atoms with van der Waals surface area (Å²) in [6, 6.07) is 2.03. The normalized spacial score (nSPS) is 16.7. The summed E-state index contributed by atoms with van der Waals surface area (Å²) in [7, 11) is 0. The summed E-state index contributed by atoms with van der Waals surface area (Å²) in [5, 5.41) is 0. The van der Waals surface area contributed by atoms with Crippen molar-refractivity contribution >= 4 is 0 Å². The van der Waals surface area contributed by atoms with Gasteiger partial charge in [-0.15, -0.1) is 0 Å². The predicted octanol–water partition coefficient (Wildman–Crippen LogP) is 2.57. The minimum absolute atomic E-state index is 0.792. The molecule has 0 atom stereocenters. The molecule has 1 aliphatic carbocycles. The van der Waals surface area contributed by atoms with Crippen LogP contribution in [0.5, 0.6) is 5.75 Å². The van der Waals surface area contributed by atoms with Crippen molar-refractivity contribution in [2.75, 3.05) is 6.61 Å². The van der Waals surface area contributed by atoms with E-state index in [4.69, 9.17) is 4.74 Å². The fourth-order valence-corrected chi connectivity index (χ4v) is 1.48. The Bertz CT molecular complexity index is 281. The first kappa shape index (κ1) is 8.54. The largest absolute Gasteiger partial charge is 0.492 e. The average molecular weight is 177 g/mol. The summed E-state index contributed by atoms with van der Waals surface area (Å²) < 4.78 is 5.63. The van der Waals surface area contributed by atoms with Gasteiger partial charge in [-0.25, -0.2) is 0 Å². The third kappa shape index (κ3) is 2.20. The Kier molecular flexibility index (Phi) is 2.48. The molecule has 0 amide bonds. The zero-order chi connectivity index (χ0) is 9.10. The standard InChI is InChI=1S/C11H15NO/c1-9-5-11(7-12-6-9)13-8-10-3-2-4-10/h5-7,10H,2-4,8H2,1H3. The van der Waals surface area contributed by atoms with E-state index in [9.17, 15) is 0 Å². The molecule has 2 heteroatoms. The maximum Gasteiger partial charge on any atom is 0.137 e. The third-order valence-corrected chi connectivity index (χ3v) is 2.56. The van der Waals surface area contributed by atoms with Crippen LogP contribution in [0.1, 0.15) is 24.8 Å². The van der Waals surface area contributed by atoms with E-state index in [0.29, 0.717) is 0 Å². The highest BCUT2D eigenvalue weighted by atomic mass is 16.5. The van der Waals surface area contributed by atoms with Crippen molar-refractivity contribution in [1.82, 2.24) is 4.98 Å². The smallest absolute Gasteiger partial charge is 0.137 e. The summed E-state index contributed by atoms with van der Waals surface area (Å²) >= 11 is 0. The van der Waals surface area contributed by atoms with Crippen LogP contribution in [0, 0.1) is 12.8 Å². The molecule has 2 rings (SSSR count). The van der Waals surface area contributed by atoms with E-state index in [1.807, 2.05) is 19.2 Å². The number of nitrogens with zero attached hydrogens (tertiary/aromatic N) is 1. The molecule has 0 aliphatic heterocycles. The van der Waals surface area contributed by atoms with Gasteiger partial charge in [0, 0.05) is 6.20 Å². The third-order valence-electron chi connectivity index (χ3n) is 2.56. The van der Waals surface area contributed by atoms with Gasteiger partial charge in [-0.3, -0.25) is 4.98 Å². The van der Waals surface area contributed by atoms with Crippen LogP contribution < -0.4 is 4.74 Å². The van der Waals surface area contributed by atoms with Gasteiger partial charge >= 0.3 is 0 Å². The average Bonchev–Trinajstić information content (AvgIpc) is 2.01. The second kappa shape index (κ2) is 3.77. The lowest BCUT2D eigenvalue weighted by Crippen LogP contribution is -2.19. The zero-order valence-corrected chi connectivity index (χ0v) is 7.99. The van der Waals surface area contributed by atoms with Crippen LogP contribution >= 0.6 is 0 Å². The first-order chi connectivity index (χ1) is 6.34. The van der Waals surface area contributed by atoms with Crippen LogP contribution in [0.2, 0.25) is 0 Å². The van der Waals surface area contributed by atoms with Gasteiger partial charge < -0.3 is 4.74 Å².